The van der Waals surface area contributed by atoms with Gasteiger partial charge in [0.05, 0.1) is 0 Å². The zero-order valence-corrected chi connectivity index (χ0v) is 7.98. The van der Waals surface area contributed by atoms with Crippen molar-refractivity contribution in [2.45, 2.75) is 20.3 Å². The summed E-state index contributed by atoms with van der Waals surface area (Å²) in [6, 6.07) is 0. The van der Waals surface area contributed by atoms with Crippen LogP contribution < -0.4 is 5.32 Å². The quantitative estimate of drug-likeness (QED) is 0.651. The summed E-state index contributed by atoms with van der Waals surface area (Å²) in [4.78, 5) is 2.38. The van der Waals surface area contributed by atoms with E-state index < -0.39 is 0 Å². The van der Waals surface area contributed by atoms with Gasteiger partial charge < -0.3 is 10.2 Å². The van der Waals surface area contributed by atoms with Crippen LogP contribution in [-0.4, -0.2) is 38.1 Å². The molecule has 1 fully saturated rings. The molecule has 0 aromatic rings. The fourth-order valence-electron chi connectivity index (χ4n) is 1.35. The lowest BCUT2D eigenvalue weighted by atomic mass is 9.81. The fraction of sp³-hybridized carbons (Fsp3) is 1.00. The topological polar surface area (TPSA) is 15.3 Å². The average Bonchev–Trinajstić information content (AvgIpc) is 1.96. The number of hydrogen-bond donors (Lipinski definition) is 1. The molecule has 0 aromatic heterocycles. The van der Waals surface area contributed by atoms with Crippen LogP contribution in [0.4, 0.5) is 0 Å². The molecule has 11 heavy (non-hydrogen) atoms. The Balaban J connectivity index is 2.11. The van der Waals surface area contributed by atoms with E-state index in [0.29, 0.717) is 5.41 Å². The first kappa shape index (κ1) is 9.01. The molecule has 0 atom stereocenters. The van der Waals surface area contributed by atoms with E-state index in [2.05, 4.69) is 31.1 Å². The van der Waals surface area contributed by atoms with Gasteiger partial charge in [0.2, 0.25) is 0 Å². The molecule has 2 heteroatoms. The lowest BCUT2D eigenvalue weighted by Crippen LogP contribution is -2.52. The van der Waals surface area contributed by atoms with Crippen molar-refractivity contribution in [3.8, 4) is 0 Å². The summed E-state index contributed by atoms with van der Waals surface area (Å²) in [6.45, 7) is 9.42. The first-order chi connectivity index (χ1) is 5.16. The summed E-state index contributed by atoms with van der Waals surface area (Å²) in [5.74, 6) is 0. The van der Waals surface area contributed by atoms with E-state index in [9.17, 15) is 0 Å². The van der Waals surface area contributed by atoms with Gasteiger partial charge in [-0.25, -0.2) is 0 Å². The Labute approximate surface area is 70.0 Å². The Bertz CT molecular complexity index is 119. The van der Waals surface area contributed by atoms with Gasteiger partial charge in [0.15, 0.2) is 0 Å². The molecule has 1 saturated heterocycles. The van der Waals surface area contributed by atoms with Gasteiger partial charge in [0.1, 0.15) is 0 Å². The van der Waals surface area contributed by atoms with Crippen LogP contribution in [0.3, 0.4) is 0 Å². The van der Waals surface area contributed by atoms with Gasteiger partial charge >= 0.3 is 0 Å². The van der Waals surface area contributed by atoms with Crippen LogP contribution in [0.5, 0.6) is 0 Å². The van der Waals surface area contributed by atoms with Crippen molar-refractivity contribution in [3.63, 3.8) is 0 Å². The summed E-state index contributed by atoms with van der Waals surface area (Å²) in [5, 5.41) is 3.32. The SMILES string of the molecule is CCN(C)CCC1(C)CNC1. The van der Waals surface area contributed by atoms with Crippen molar-refractivity contribution in [1.29, 1.82) is 0 Å². The third kappa shape index (κ3) is 2.46. The molecule has 1 N–H and O–H groups in total. The Morgan fingerprint density at radius 1 is 1.45 bits per heavy atom. The zero-order valence-electron chi connectivity index (χ0n) is 7.98. The molecular formula is C9H20N2. The summed E-state index contributed by atoms with van der Waals surface area (Å²) in [6.07, 6.45) is 1.34. The van der Waals surface area contributed by atoms with E-state index in [1.807, 2.05) is 0 Å². The van der Waals surface area contributed by atoms with Crippen molar-refractivity contribution >= 4 is 0 Å². The van der Waals surface area contributed by atoms with E-state index in [4.69, 9.17) is 0 Å². The molecule has 1 rings (SSSR count). The Hall–Kier alpha value is -0.0800. The van der Waals surface area contributed by atoms with E-state index in [-0.39, 0.29) is 0 Å². The molecule has 1 heterocycles. The Morgan fingerprint density at radius 3 is 2.45 bits per heavy atom. The highest BCUT2D eigenvalue weighted by molar-refractivity contribution is 4.88. The predicted molar refractivity (Wildman–Crippen MR) is 48.8 cm³/mol. The lowest BCUT2D eigenvalue weighted by molar-refractivity contribution is 0.155. The van der Waals surface area contributed by atoms with Crippen molar-refractivity contribution in [2.75, 3.05) is 33.2 Å². The largest absolute Gasteiger partial charge is 0.316 e. The third-order valence-electron chi connectivity index (χ3n) is 2.74. The molecule has 1 aliphatic rings. The van der Waals surface area contributed by atoms with Crippen LogP contribution in [0.15, 0.2) is 0 Å². The van der Waals surface area contributed by atoms with Crippen molar-refractivity contribution in [2.24, 2.45) is 5.41 Å². The second-order valence-corrected chi connectivity index (χ2v) is 4.06. The molecule has 1 aliphatic heterocycles. The minimum Gasteiger partial charge on any atom is -0.316 e. The van der Waals surface area contributed by atoms with E-state index in [1.165, 1.54) is 32.6 Å². The molecule has 0 spiro atoms. The molecule has 2 nitrogen and oxygen atoms in total. The van der Waals surface area contributed by atoms with E-state index >= 15 is 0 Å². The summed E-state index contributed by atoms with van der Waals surface area (Å²) < 4.78 is 0. The highest BCUT2D eigenvalue weighted by Gasteiger charge is 2.30. The minimum atomic E-state index is 0.601. The molecular weight excluding hydrogens is 136 g/mol. The van der Waals surface area contributed by atoms with Gasteiger partial charge in [-0.05, 0) is 32.0 Å². The average molecular weight is 156 g/mol. The fourth-order valence-corrected chi connectivity index (χ4v) is 1.35. The maximum Gasteiger partial charge on any atom is 0.00180 e. The molecule has 0 unspecified atom stereocenters. The van der Waals surface area contributed by atoms with Gasteiger partial charge in [0.25, 0.3) is 0 Å². The maximum absolute atomic E-state index is 3.32. The van der Waals surface area contributed by atoms with Gasteiger partial charge in [-0.3, -0.25) is 0 Å². The molecule has 66 valence electrons. The molecule has 0 bridgehead atoms. The Morgan fingerprint density at radius 2 is 2.09 bits per heavy atom. The second kappa shape index (κ2) is 3.55. The zero-order chi connectivity index (χ0) is 8.32. The van der Waals surface area contributed by atoms with Crippen LogP contribution in [0, 0.1) is 5.41 Å². The van der Waals surface area contributed by atoms with Crippen molar-refractivity contribution < 1.29 is 0 Å². The van der Waals surface area contributed by atoms with Crippen LogP contribution in [0.2, 0.25) is 0 Å². The van der Waals surface area contributed by atoms with Gasteiger partial charge in [-0.15, -0.1) is 0 Å². The molecule has 0 aliphatic carbocycles. The van der Waals surface area contributed by atoms with E-state index in [0.717, 1.165) is 0 Å². The van der Waals surface area contributed by atoms with E-state index in [1.54, 1.807) is 0 Å². The first-order valence-electron chi connectivity index (χ1n) is 4.55. The lowest BCUT2D eigenvalue weighted by Gasteiger charge is -2.40. The van der Waals surface area contributed by atoms with Crippen molar-refractivity contribution in [3.05, 3.63) is 0 Å². The normalized spacial score (nSPS) is 21.8. The predicted octanol–water partition coefficient (Wildman–Crippen LogP) is 0.938. The van der Waals surface area contributed by atoms with Crippen LogP contribution >= 0.6 is 0 Å². The first-order valence-corrected chi connectivity index (χ1v) is 4.55. The second-order valence-electron chi connectivity index (χ2n) is 4.06. The summed E-state index contributed by atoms with van der Waals surface area (Å²) in [5.41, 5.74) is 0.601. The summed E-state index contributed by atoms with van der Waals surface area (Å²) in [7, 11) is 2.19. The van der Waals surface area contributed by atoms with Crippen LogP contribution in [0.1, 0.15) is 20.3 Å². The molecule has 0 radical (unpaired) electrons. The number of nitrogens with one attached hydrogen (secondary N) is 1. The highest BCUT2D eigenvalue weighted by Crippen LogP contribution is 2.25. The minimum absolute atomic E-state index is 0.601. The highest BCUT2D eigenvalue weighted by atomic mass is 15.1. The monoisotopic (exact) mass is 156 g/mol. The van der Waals surface area contributed by atoms with Crippen LogP contribution in [-0.2, 0) is 0 Å². The smallest absolute Gasteiger partial charge is 0.00180 e. The molecule has 0 aromatic carbocycles. The Kier molecular flexibility index (Phi) is 2.90. The van der Waals surface area contributed by atoms with Gasteiger partial charge in [-0.2, -0.15) is 0 Å². The van der Waals surface area contributed by atoms with Crippen LogP contribution in [0.25, 0.3) is 0 Å². The van der Waals surface area contributed by atoms with Gasteiger partial charge in [-0.1, -0.05) is 13.8 Å². The number of nitrogens with zero attached hydrogens (tertiary/aromatic N) is 1. The number of hydrogen-bond acceptors (Lipinski definition) is 2. The van der Waals surface area contributed by atoms with Gasteiger partial charge in [0, 0.05) is 13.1 Å². The number of rotatable bonds is 4. The summed E-state index contributed by atoms with van der Waals surface area (Å²) >= 11 is 0. The molecule has 0 amide bonds. The third-order valence-corrected chi connectivity index (χ3v) is 2.74. The maximum atomic E-state index is 3.32. The molecule has 0 saturated carbocycles. The standard InChI is InChI=1S/C9H20N2/c1-4-11(3)6-5-9(2)7-10-8-9/h10H,4-8H2,1-3H3. The van der Waals surface area contributed by atoms with Crippen molar-refractivity contribution in [1.82, 2.24) is 10.2 Å².